The first-order valence-corrected chi connectivity index (χ1v) is 14.4. The molecule has 1 atom stereocenters. The standard InChI is InChI=1S/C33H34N2O4S/c1-33(2,3)39-32(37)34-19-20-35(25(23-34)22-24-12-6-4-7-13-24)31(36)28-18-21-40-30(28)27-16-10-11-17-29(27)38-26-14-8-5-9-15-26/h4-18,21,25H,19-20,22-23H2,1-3H3. The fourth-order valence-corrected chi connectivity index (χ4v) is 5.79. The van der Waals surface area contributed by atoms with E-state index in [1.807, 2.05) is 110 Å². The van der Waals surface area contributed by atoms with E-state index in [1.165, 1.54) is 11.3 Å². The highest BCUT2D eigenvalue weighted by Crippen LogP contribution is 2.39. The van der Waals surface area contributed by atoms with Gasteiger partial charge in [-0.3, -0.25) is 4.79 Å². The van der Waals surface area contributed by atoms with Gasteiger partial charge in [0, 0.05) is 25.2 Å². The minimum Gasteiger partial charge on any atom is -0.457 e. The van der Waals surface area contributed by atoms with E-state index in [2.05, 4.69) is 12.1 Å². The van der Waals surface area contributed by atoms with Crippen molar-refractivity contribution >= 4 is 23.3 Å². The molecule has 0 aliphatic carbocycles. The van der Waals surface area contributed by atoms with Crippen molar-refractivity contribution < 1.29 is 19.1 Å². The van der Waals surface area contributed by atoms with E-state index in [-0.39, 0.29) is 18.0 Å². The Bertz CT molecular complexity index is 1450. The number of piperazine rings is 1. The maximum Gasteiger partial charge on any atom is 0.410 e. The highest BCUT2D eigenvalue weighted by atomic mass is 32.1. The highest BCUT2D eigenvalue weighted by Gasteiger charge is 2.36. The fourth-order valence-electron chi connectivity index (χ4n) is 4.88. The number of para-hydroxylation sites is 2. The second-order valence-corrected chi connectivity index (χ2v) is 11.8. The molecule has 0 radical (unpaired) electrons. The number of hydrogen-bond donors (Lipinski definition) is 0. The number of nitrogens with zero attached hydrogens (tertiary/aromatic N) is 2. The highest BCUT2D eigenvalue weighted by molar-refractivity contribution is 7.14. The van der Waals surface area contributed by atoms with E-state index in [0.29, 0.717) is 37.4 Å². The Morgan fingerprint density at radius 3 is 2.27 bits per heavy atom. The molecule has 2 amide bonds. The molecule has 1 aliphatic rings. The smallest absolute Gasteiger partial charge is 0.410 e. The lowest BCUT2D eigenvalue weighted by molar-refractivity contribution is 0.00441. The number of carbonyl (C=O) groups excluding carboxylic acids is 2. The zero-order valence-electron chi connectivity index (χ0n) is 23.1. The minimum atomic E-state index is -0.584. The van der Waals surface area contributed by atoms with Crippen LogP contribution in [0.15, 0.2) is 96.4 Å². The number of carbonyl (C=O) groups is 2. The van der Waals surface area contributed by atoms with Gasteiger partial charge in [-0.2, -0.15) is 0 Å². The van der Waals surface area contributed by atoms with Gasteiger partial charge < -0.3 is 19.3 Å². The normalized spacial score (nSPS) is 15.5. The van der Waals surface area contributed by atoms with Gasteiger partial charge in [0.1, 0.15) is 17.1 Å². The summed E-state index contributed by atoms with van der Waals surface area (Å²) in [6, 6.07) is 29.2. The van der Waals surface area contributed by atoms with Gasteiger partial charge in [-0.05, 0) is 68.5 Å². The molecule has 3 aromatic carbocycles. The molecule has 6 nitrogen and oxygen atoms in total. The van der Waals surface area contributed by atoms with Crippen LogP contribution in [-0.4, -0.2) is 53.1 Å². The molecule has 4 aromatic rings. The van der Waals surface area contributed by atoms with E-state index in [0.717, 1.165) is 21.8 Å². The van der Waals surface area contributed by atoms with Gasteiger partial charge in [-0.25, -0.2) is 4.79 Å². The van der Waals surface area contributed by atoms with E-state index < -0.39 is 5.60 Å². The molecule has 1 unspecified atom stereocenters. The zero-order chi connectivity index (χ0) is 28.1. The van der Waals surface area contributed by atoms with Crippen LogP contribution in [0.2, 0.25) is 0 Å². The van der Waals surface area contributed by atoms with Crippen molar-refractivity contribution in [1.29, 1.82) is 0 Å². The van der Waals surface area contributed by atoms with E-state index >= 15 is 0 Å². The zero-order valence-corrected chi connectivity index (χ0v) is 23.9. The molecule has 206 valence electrons. The number of hydrogen-bond acceptors (Lipinski definition) is 5. The third kappa shape index (κ3) is 6.54. The summed E-state index contributed by atoms with van der Waals surface area (Å²) in [6.07, 6.45) is 0.292. The van der Waals surface area contributed by atoms with Crippen LogP contribution in [0.4, 0.5) is 4.79 Å². The van der Waals surface area contributed by atoms with E-state index in [9.17, 15) is 9.59 Å². The molecule has 0 bridgehead atoms. The lowest BCUT2D eigenvalue weighted by Gasteiger charge is -2.42. The minimum absolute atomic E-state index is 0.0458. The predicted octanol–water partition coefficient (Wildman–Crippen LogP) is 7.51. The molecule has 2 heterocycles. The van der Waals surface area contributed by atoms with Crippen LogP contribution in [0.3, 0.4) is 0 Å². The molecule has 0 saturated carbocycles. The summed E-state index contributed by atoms with van der Waals surface area (Å²) >= 11 is 1.52. The molecule has 1 aromatic heterocycles. The summed E-state index contributed by atoms with van der Waals surface area (Å²) < 4.78 is 11.9. The lowest BCUT2D eigenvalue weighted by atomic mass is 10.0. The van der Waals surface area contributed by atoms with Crippen LogP contribution < -0.4 is 4.74 Å². The Labute approximate surface area is 239 Å². The topological polar surface area (TPSA) is 59.1 Å². The first kappa shape index (κ1) is 27.5. The largest absolute Gasteiger partial charge is 0.457 e. The summed E-state index contributed by atoms with van der Waals surface area (Å²) in [7, 11) is 0. The van der Waals surface area contributed by atoms with Crippen molar-refractivity contribution in [2.45, 2.75) is 38.8 Å². The summed E-state index contributed by atoms with van der Waals surface area (Å²) in [5, 5.41) is 1.95. The summed E-state index contributed by atoms with van der Waals surface area (Å²) in [5.74, 6) is 1.39. The van der Waals surface area contributed by atoms with Crippen molar-refractivity contribution in [3.63, 3.8) is 0 Å². The van der Waals surface area contributed by atoms with Gasteiger partial charge in [0.25, 0.3) is 5.91 Å². The predicted molar refractivity (Wildman–Crippen MR) is 159 cm³/mol. The quantitative estimate of drug-likeness (QED) is 0.247. The van der Waals surface area contributed by atoms with Crippen LogP contribution in [0.1, 0.15) is 36.7 Å². The third-order valence-electron chi connectivity index (χ3n) is 6.71. The summed E-state index contributed by atoms with van der Waals surface area (Å²) in [6.45, 7) is 6.84. The average molecular weight is 555 g/mol. The second kappa shape index (κ2) is 12.0. The Hall–Kier alpha value is -4.10. The van der Waals surface area contributed by atoms with Crippen LogP contribution in [0.25, 0.3) is 10.4 Å². The molecular weight excluding hydrogens is 520 g/mol. The van der Waals surface area contributed by atoms with Crippen molar-refractivity contribution in [3.05, 3.63) is 108 Å². The van der Waals surface area contributed by atoms with Gasteiger partial charge >= 0.3 is 6.09 Å². The molecule has 0 N–H and O–H groups in total. The van der Waals surface area contributed by atoms with E-state index in [4.69, 9.17) is 9.47 Å². The Morgan fingerprint density at radius 1 is 0.875 bits per heavy atom. The summed E-state index contributed by atoms with van der Waals surface area (Å²) in [4.78, 5) is 31.6. The average Bonchev–Trinajstić information content (AvgIpc) is 3.43. The molecular formula is C33H34N2O4S. The van der Waals surface area contributed by atoms with Crippen LogP contribution in [-0.2, 0) is 11.2 Å². The maximum absolute atomic E-state index is 14.2. The number of ether oxygens (including phenoxy) is 2. The second-order valence-electron chi connectivity index (χ2n) is 10.8. The first-order valence-electron chi connectivity index (χ1n) is 13.5. The lowest BCUT2D eigenvalue weighted by Crippen LogP contribution is -2.57. The molecule has 1 saturated heterocycles. The summed E-state index contributed by atoms with van der Waals surface area (Å²) in [5.41, 5.74) is 2.04. The van der Waals surface area contributed by atoms with Crippen molar-refractivity contribution in [2.75, 3.05) is 19.6 Å². The number of thiophene rings is 1. The Kier molecular flexibility index (Phi) is 8.21. The molecule has 7 heteroatoms. The molecule has 40 heavy (non-hydrogen) atoms. The third-order valence-corrected chi connectivity index (χ3v) is 7.66. The maximum atomic E-state index is 14.2. The Morgan fingerprint density at radius 2 is 1.55 bits per heavy atom. The van der Waals surface area contributed by atoms with Gasteiger partial charge in [0.05, 0.1) is 16.5 Å². The molecule has 5 rings (SSSR count). The molecule has 1 aliphatic heterocycles. The van der Waals surface area contributed by atoms with Gasteiger partial charge in [-0.15, -0.1) is 11.3 Å². The molecule has 1 fully saturated rings. The number of rotatable bonds is 6. The van der Waals surface area contributed by atoms with Gasteiger partial charge in [0.15, 0.2) is 0 Å². The van der Waals surface area contributed by atoms with Crippen molar-refractivity contribution in [3.8, 4) is 21.9 Å². The first-order chi connectivity index (χ1) is 19.3. The SMILES string of the molecule is CC(C)(C)OC(=O)N1CCN(C(=O)c2ccsc2-c2ccccc2Oc2ccccc2)C(Cc2ccccc2)C1. The monoisotopic (exact) mass is 554 g/mol. The number of benzene rings is 3. The van der Waals surface area contributed by atoms with Crippen LogP contribution in [0.5, 0.6) is 11.5 Å². The number of amides is 2. The van der Waals surface area contributed by atoms with Crippen LogP contribution >= 0.6 is 11.3 Å². The van der Waals surface area contributed by atoms with Gasteiger partial charge in [-0.1, -0.05) is 60.7 Å². The Balaban J connectivity index is 1.43. The van der Waals surface area contributed by atoms with E-state index in [1.54, 1.807) is 4.90 Å². The van der Waals surface area contributed by atoms with Crippen molar-refractivity contribution in [2.24, 2.45) is 0 Å². The van der Waals surface area contributed by atoms with Gasteiger partial charge in [0.2, 0.25) is 0 Å². The van der Waals surface area contributed by atoms with Crippen LogP contribution in [0, 0.1) is 0 Å². The van der Waals surface area contributed by atoms with Crippen molar-refractivity contribution in [1.82, 2.24) is 9.80 Å². The fraction of sp³-hybridized carbons (Fsp3) is 0.273. The molecule has 0 spiro atoms.